The molecular formula is C6H3F3N2O. The second-order valence-electron chi connectivity index (χ2n) is 1.99. The summed E-state index contributed by atoms with van der Waals surface area (Å²) in [5.74, 6) is -0.468. The number of nitroso groups, excluding NO2 is 1. The van der Waals surface area contributed by atoms with E-state index in [1.54, 1.807) is 0 Å². The summed E-state index contributed by atoms with van der Waals surface area (Å²) in [4.78, 5) is 13.1. The number of hydrogen-bond acceptors (Lipinski definition) is 3. The molecule has 6 heteroatoms. The van der Waals surface area contributed by atoms with Crippen molar-refractivity contribution in [3.8, 4) is 0 Å². The van der Waals surface area contributed by atoms with Crippen molar-refractivity contribution < 1.29 is 13.2 Å². The van der Waals surface area contributed by atoms with Gasteiger partial charge in [0.15, 0.2) is 5.82 Å². The van der Waals surface area contributed by atoms with E-state index in [9.17, 15) is 18.1 Å². The minimum atomic E-state index is -4.46. The van der Waals surface area contributed by atoms with Gasteiger partial charge in [0.2, 0.25) is 0 Å². The lowest BCUT2D eigenvalue weighted by molar-refractivity contribution is -0.137. The van der Waals surface area contributed by atoms with Gasteiger partial charge in [0.25, 0.3) is 0 Å². The molecule has 3 nitrogen and oxygen atoms in total. The highest BCUT2D eigenvalue weighted by Gasteiger charge is 2.30. The van der Waals surface area contributed by atoms with Gasteiger partial charge in [-0.2, -0.15) is 13.2 Å². The molecule has 0 aliphatic heterocycles. The van der Waals surface area contributed by atoms with Gasteiger partial charge in [-0.05, 0) is 17.3 Å². The summed E-state index contributed by atoms with van der Waals surface area (Å²) in [6.07, 6.45) is -3.57. The molecule has 12 heavy (non-hydrogen) atoms. The Labute approximate surface area is 65.2 Å². The van der Waals surface area contributed by atoms with Crippen LogP contribution in [0.2, 0.25) is 0 Å². The fraction of sp³-hybridized carbons (Fsp3) is 0.167. The van der Waals surface area contributed by atoms with Gasteiger partial charge in [0.05, 0.1) is 5.56 Å². The summed E-state index contributed by atoms with van der Waals surface area (Å²) in [5, 5.41) is 2.28. The Balaban J connectivity index is 3.10. The van der Waals surface area contributed by atoms with Crippen LogP contribution in [0.3, 0.4) is 0 Å². The maximum absolute atomic E-state index is 11.9. The summed E-state index contributed by atoms with van der Waals surface area (Å²) in [7, 11) is 0. The minimum absolute atomic E-state index is 0.468. The Morgan fingerprint density at radius 1 is 1.42 bits per heavy atom. The average Bonchev–Trinajstić information content (AvgIpc) is 2.03. The summed E-state index contributed by atoms with van der Waals surface area (Å²) < 4.78 is 35.8. The second-order valence-corrected chi connectivity index (χ2v) is 1.99. The number of hydrogen-bond donors (Lipinski definition) is 0. The van der Waals surface area contributed by atoms with Crippen LogP contribution in [-0.4, -0.2) is 4.98 Å². The molecule has 64 valence electrons. The molecule has 0 aliphatic carbocycles. The topological polar surface area (TPSA) is 42.3 Å². The van der Waals surface area contributed by atoms with Crippen LogP contribution < -0.4 is 0 Å². The molecule has 1 heterocycles. The van der Waals surface area contributed by atoms with Gasteiger partial charge in [-0.3, -0.25) is 0 Å². The third-order valence-corrected chi connectivity index (χ3v) is 1.17. The number of nitrogens with zero attached hydrogens (tertiary/aromatic N) is 2. The van der Waals surface area contributed by atoms with E-state index in [1.165, 1.54) is 0 Å². The van der Waals surface area contributed by atoms with Gasteiger partial charge in [-0.25, -0.2) is 4.98 Å². The van der Waals surface area contributed by atoms with E-state index in [4.69, 9.17) is 0 Å². The third-order valence-electron chi connectivity index (χ3n) is 1.17. The largest absolute Gasteiger partial charge is 0.416 e. The summed E-state index contributed by atoms with van der Waals surface area (Å²) in [6.45, 7) is 0. The molecule has 0 spiro atoms. The maximum atomic E-state index is 11.9. The van der Waals surface area contributed by atoms with Crippen LogP contribution in [0.1, 0.15) is 5.56 Å². The highest BCUT2D eigenvalue weighted by molar-refractivity contribution is 5.32. The van der Waals surface area contributed by atoms with Crippen LogP contribution in [0.15, 0.2) is 23.5 Å². The van der Waals surface area contributed by atoms with Crippen molar-refractivity contribution in [1.29, 1.82) is 0 Å². The Kier molecular flexibility index (Phi) is 2.07. The Morgan fingerprint density at radius 2 is 2.08 bits per heavy atom. The van der Waals surface area contributed by atoms with Crippen molar-refractivity contribution in [1.82, 2.24) is 4.98 Å². The van der Waals surface area contributed by atoms with Gasteiger partial charge in [-0.15, -0.1) is 4.91 Å². The summed E-state index contributed by atoms with van der Waals surface area (Å²) in [6, 6.07) is 1.36. The van der Waals surface area contributed by atoms with Crippen molar-refractivity contribution in [2.45, 2.75) is 6.18 Å². The zero-order chi connectivity index (χ0) is 9.19. The smallest absolute Gasteiger partial charge is 0.234 e. The molecular weight excluding hydrogens is 173 g/mol. The first-order valence-electron chi connectivity index (χ1n) is 2.90. The molecule has 0 saturated carbocycles. The Hall–Kier alpha value is -1.46. The zero-order valence-corrected chi connectivity index (χ0v) is 5.67. The van der Waals surface area contributed by atoms with Gasteiger partial charge < -0.3 is 0 Å². The van der Waals surface area contributed by atoms with E-state index in [0.717, 1.165) is 12.3 Å². The number of alkyl halides is 3. The van der Waals surface area contributed by atoms with Crippen molar-refractivity contribution in [2.24, 2.45) is 5.18 Å². The van der Waals surface area contributed by atoms with E-state index in [0.29, 0.717) is 6.07 Å². The molecule has 1 rings (SSSR count). The molecule has 0 N–H and O–H groups in total. The van der Waals surface area contributed by atoms with Crippen LogP contribution in [-0.2, 0) is 6.18 Å². The van der Waals surface area contributed by atoms with Crippen LogP contribution in [0.5, 0.6) is 0 Å². The Bertz CT molecular complexity index is 297. The molecule has 0 radical (unpaired) electrons. The van der Waals surface area contributed by atoms with Crippen LogP contribution in [0.4, 0.5) is 19.0 Å². The standard InChI is InChI=1S/C6H3F3N2O/c7-6(8,9)4-1-2-10-5(3-4)11-12/h1-3H. The lowest BCUT2D eigenvalue weighted by Gasteiger charge is -2.04. The van der Waals surface area contributed by atoms with Gasteiger partial charge in [0, 0.05) is 6.20 Å². The monoisotopic (exact) mass is 176 g/mol. The number of aromatic nitrogens is 1. The zero-order valence-electron chi connectivity index (χ0n) is 5.67. The highest BCUT2D eigenvalue weighted by atomic mass is 19.4. The molecule has 1 aromatic rings. The van der Waals surface area contributed by atoms with Crippen molar-refractivity contribution in [2.75, 3.05) is 0 Å². The molecule has 0 unspecified atom stereocenters. The average molecular weight is 176 g/mol. The highest BCUT2D eigenvalue weighted by Crippen LogP contribution is 2.30. The van der Waals surface area contributed by atoms with Crippen molar-refractivity contribution >= 4 is 5.82 Å². The molecule has 0 bridgehead atoms. The van der Waals surface area contributed by atoms with Crippen LogP contribution >= 0.6 is 0 Å². The van der Waals surface area contributed by atoms with Gasteiger partial charge >= 0.3 is 6.18 Å². The van der Waals surface area contributed by atoms with Crippen molar-refractivity contribution in [3.05, 3.63) is 28.8 Å². The van der Waals surface area contributed by atoms with Gasteiger partial charge in [0.1, 0.15) is 0 Å². The number of pyridine rings is 1. The molecule has 0 amide bonds. The first kappa shape index (κ1) is 8.63. The third kappa shape index (κ3) is 1.77. The van der Waals surface area contributed by atoms with E-state index in [1.807, 2.05) is 0 Å². The lowest BCUT2D eigenvalue weighted by atomic mass is 10.2. The fourth-order valence-electron chi connectivity index (χ4n) is 0.645. The maximum Gasteiger partial charge on any atom is 0.416 e. The van der Waals surface area contributed by atoms with E-state index in [2.05, 4.69) is 10.2 Å². The lowest BCUT2D eigenvalue weighted by Crippen LogP contribution is -2.04. The molecule has 0 fully saturated rings. The number of rotatable bonds is 1. The van der Waals surface area contributed by atoms with Gasteiger partial charge in [-0.1, -0.05) is 0 Å². The van der Waals surface area contributed by atoms with Crippen LogP contribution in [0.25, 0.3) is 0 Å². The predicted molar refractivity (Wildman–Crippen MR) is 34.7 cm³/mol. The molecule has 0 aromatic carbocycles. The van der Waals surface area contributed by atoms with E-state index >= 15 is 0 Å². The Morgan fingerprint density at radius 3 is 2.58 bits per heavy atom. The van der Waals surface area contributed by atoms with E-state index < -0.39 is 17.6 Å². The fourth-order valence-corrected chi connectivity index (χ4v) is 0.645. The minimum Gasteiger partial charge on any atom is -0.234 e. The van der Waals surface area contributed by atoms with E-state index in [-0.39, 0.29) is 0 Å². The molecule has 0 saturated heterocycles. The summed E-state index contributed by atoms with van der Waals surface area (Å²) >= 11 is 0. The normalized spacial score (nSPS) is 11.2. The quantitative estimate of drug-likeness (QED) is 0.617. The second kappa shape index (κ2) is 2.88. The molecule has 0 aliphatic rings. The predicted octanol–water partition coefficient (Wildman–Crippen LogP) is 2.50. The molecule has 0 atom stereocenters. The van der Waals surface area contributed by atoms with Crippen LogP contribution in [0, 0.1) is 4.91 Å². The first-order chi connectivity index (χ1) is 5.54. The van der Waals surface area contributed by atoms with Crippen molar-refractivity contribution in [3.63, 3.8) is 0 Å². The molecule has 1 aromatic heterocycles. The number of halogens is 3. The first-order valence-corrected chi connectivity index (χ1v) is 2.90. The summed E-state index contributed by atoms with van der Waals surface area (Å²) in [5.41, 5.74) is -0.924. The SMILES string of the molecule is O=Nc1cc(C(F)(F)F)ccn1.